The summed E-state index contributed by atoms with van der Waals surface area (Å²) in [4.78, 5) is 52.4. The molecule has 0 bridgehead atoms. The fourth-order valence-corrected chi connectivity index (χ4v) is 4.87. The normalized spacial score (nSPS) is 33.2. The van der Waals surface area contributed by atoms with Crippen LogP contribution in [0.2, 0.25) is 0 Å². The van der Waals surface area contributed by atoms with Gasteiger partial charge in [-0.15, -0.1) is 0 Å². The molecule has 1 heterocycles. The third-order valence-electron chi connectivity index (χ3n) is 6.06. The molecule has 26 heavy (non-hydrogen) atoms. The number of carbonyl (C=O) groups is 4. The van der Waals surface area contributed by atoms with Crippen molar-refractivity contribution in [2.24, 2.45) is 11.5 Å². The lowest BCUT2D eigenvalue weighted by molar-refractivity contribution is -0.291. The third kappa shape index (κ3) is 1.69. The summed E-state index contributed by atoms with van der Waals surface area (Å²) in [5.41, 5.74) is 3.80. The van der Waals surface area contributed by atoms with Crippen molar-refractivity contribution in [3.63, 3.8) is 0 Å². The number of amides is 4. The first kappa shape index (κ1) is 18.6. The van der Waals surface area contributed by atoms with Crippen molar-refractivity contribution in [2.75, 3.05) is 7.11 Å². The topological polar surface area (TPSA) is 156 Å². The molecule has 0 aromatic carbocycles. The molecule has 5 N–H and O–H groups in total. The van der Waals surface area contributed by atoms with Crippen LogP contribution in [0.1, 0.15) is 46.0 Å². The highest BCUT2D eigenvalue weighted by Gasteiger charge is 2.87. The number of hydrogen-bond donors (Lipinski definition) is 3. The summed E-state index contributed by atoms with van der Waals surface area (Å²) in [6.45, 7) is 2.75. The minimum atomic E-state index is -2.45. The average Bonchev–Trinajstić information content (AvgIpc) is 3.45. The molecule has 2 aliphatic carbocycles. The Bertz CT molecular complexity index is 716. The van der Waals surface area contributed by atoms with Gasteiger partial charge >= 0.3 is 0 Å². The van der Waals surface area contributed by atoms with Crippen molar-refractivity contribution in [1.82, 2.24) is 9.80 Å². The van der Waals surface area contributed by atoms with Crippen molar-refractivity contribution < 1.29 is 29.0 Å². The van der Waals surface area contributed by atoms with Gasteiger partial charge in [-0.2, -0.15) is 0 Å². The van der Waals surface area contributed by atoms with E-state index in [0.717, 1.165) is 9.80 Å². The van der Waals surface area contributed by atoms with E-state index in [2.05, 4.69) is 0 Å². The SMILES string of the molecule is CCC(=O)N1C2(CC2)C(O)(C(N)=O)N(C(C)=O)C2(CC2)C1(OC)C(N)=O. The number of primary amides is 2. The van der Waals surface area contributed by atoms with Crippen LogP contribution < -0.4 is 11.5 Å². The van der Waals surface area contributed by atoms with Gasteiger partial charge in [-0.3, -0.25) is 29.0 Å². The van der Waals surface area contributed by atoms with Crippen molar-refractivity contribution >= 4 is 23.6 Å². The van der Waals surface area contributed by atoms with E-state index < -0.39 is 46.2 Å². The highest BCUT2D eigenvalue weighted by molar-refractivity contribution is 5.99. The zero-order valence-electron chi connectivity index (χ0n) is 15.1. The smallest absolute Gasteiger partial charge is 0.273 e. The number of ether oxygens (including phenoxy) is 1. The van der Waals surface area contributed by atoms with Gasteiger partial charge in [0.25, 0.3) is 11.8 Å². The number of carbonyl (C=O) groups excluding carboxylic acids is 4. The molecule has 144 valence electrons. The van der Waals surface area contributed by atoms with Crippen molar-refractivity contribution in [3.05, 3.63) is 0 Å². The van der Waals surface area contributed by atoms with Crippen LogP contribution in [0.25, 0.3) is 0 Å². The average molecular weight is 368 g/mol. The van der Waals surface area contributed by atoms with E-state index >= 15 is 0 Å². The molecule has 1 aliphatic heterocycles. The van der Waals surface area contributed by atoms with E-state index in [0.29, 0.717) is 0 Å². The van der Waals surface area contributed by atoms with Crippen LogP contribution in [0.15, 0.2) is 0 Å². The van der Waals surface area contributed by atoms with Crippen molar-refractivity contribution in [2.45, 2.75) is 68.5 Å². The molecule has 0 aromatic heterocycles. The summed E-state index contributed by atoms with van der Waals surface area (Å²) in [5.74, 6) is -3.28. The Morgan fingerprint density at radius 3 is 1.77 bits per heavy atom. The zero-order valence-corrected chi connectivity index (χ0v) is 15.1. The molecule has 1 saturated heterocycles. The maximum absolute atomic E-state index is 12.9. The lowest BCUT2D eigenvalue weighted by atomic mass is 9.80. The summed E-state index contributed by atoms with van der Waals surface area (Å²) < 4.78 is 5.56. The molecule has 3 rings (SSSR count). The van der Waals surface area contributed by atoms with Crippen molar-refractivity contribution in [3.8, 4) is 0 Å². The van der Waals surface area contributed by atoms with Crippen LogP contribution in [0.4, 0.5) is 0 Å². The van der Waals surface area contributed by atoms with Crippen molar-refractivity contribution in [1.29, 1.82) is 0 Å². The molecule has 0 radical (unpaired) electrons. The predicted octanol–water partition coefficient (Wildman–Crippen LogP) is -1.85. The molecule has 2 spiro atoms. The standard InChI is InChI=1S/C16H24N4O6/c1-4-10(22)20-13(5-6-13)15(25,11(17)23)19(9(2)21)14(7-8-14)16(20,26-3)12(18)24/h25H,4-8H2,1-3H3,(H2,17,23)(H2,18,24). The molecule has 4 amide bonds. The third-order valence-corrected chi connectivity index (χ3v) is 6.06. The molecule has 10 heteroatoms. The number of hydrogen-bond acceptors (Lipinski definition) is 6. The van der Waals surface area contributed by atoms with Crippen LogP contribution in [-0.2, 0) is 23.9 Å². The second-order valence-corrected chi connectivity index (χ2v) is 7.25. The van der Waals surface area contributed by atoms with E-state index in [-0.39, 0.29) is 32.1 Å². The summed E-state index contributed by atoms with van der Waals surface area (Å²) in [6.07, 6.45) is 0.795. The highest BCUT2D eigenvalue weighted by Crippen LogP contribution is 2.67. The van der Waals surface area contributed by atoms with Gasteiger partial charge in [0.05, 0.1) is 0 Å². The van der Waals surface area contributed by atoms with Crippen LogP contribution in [-0.4, -0.2) is 68.2 Å². The van der Waals surface area contributed by atoms with Gasteiger partial charge in [0, 0.05) is 20.5 Å². The fourth-order valence-electron chi connectivity index (χ4n) is 4.87. The van der Waals surface area contributed by atoms with E-state index in [4.69, 9.17) is 16.2 Å². The first-order valence-corrected chi connectivity index (χ1v) is 8.55. The molecule has 0 aromatic rings. The molecule has 3 fully saturated rings. The summed E-state index contributed by atoms with van der Waals surface area (Å²) in [7, 11) is 1.23. The van der Waals surface area contributed by atoms with Gasteiger partial charge in [0.1, 0.15) is 11.1 Å². The quantitative estimate of drug-likeness (QED) is 0.529. The number of piperazine rings is 1. The Labute approximate surface area is 150 Å². The molecule has 2 atom stereocenters. The number of methoxy groups -OCH3 is 1. The largest absolute Gasteiger partial charge is 0.365 e. The van der Waals surface area contributed by atoms with E-state index in [1.54, 1.807) is 6.92 Å². The highest BCUT2D eigenvalue weighted by atomic mass is 16.5. The molecular weight excluding hydrogens is 344 g/mol. The molecule has 10 nitrogen and oxygen atoms in total. The summed E-state index contributed by atoms with van der Waals surface area (Å²) in [5, 5.41) is 11.4. The maximum Gasteiger partial charge on any atom is 0.273 e. The van der Waals surface area contributed by atoms with Gasteiger partial charge in [-0.25, -0.2) is 0 Å². The molecule has 2 unspecified atom stereocenters. The number of aliphatic hydroxyl groups is 1. The number of rotatable bonds is 4. The Hall–Kier alpha value is -2.20. The Kier molecular flexibility index (Phi) is 3.69. The summed E-state index contributed by atoms with van der Waals surface area (Å²) >= 11 is 0. The Balaban J connectivity index is 2.38. The van der Waals surface area contributed by atoms with Gasteiger partial charge in [0.2, 0.25) is 23.3 Å². The minimum Gasteiger partial charge on any atom is -0.365 e. The van der Waals surface area contributed by atoms with E-state index in [1.807, 2.05) is 0 Å². The Morgan fingerprint density at radius 2 is 1.50 bits per heavy atom. The van der Waals surface area contributed by atoms with Crippen LogP contribution >= 0.6 is 0 Å². The van der Waals surface area contributed by atoms with E-state index in [1.165, 1.54) is 14.0 Å². The lowest BCUT2D eigenvalue weighted by Crippen LogP contribution is -2.89. The fraction of sp³-hybridized carbons (Fsp3) is 0.750. The molecule has 3 aliphatic rings. The monoisotopic (exact) mass is 368 g/mol. The van der Waals surface area contributed by atoms with Crippen LogP contribution in [0, 0.1) is 0 Å². The van der Waals surface area contributed by atoms with Crippen LogP contribution in [0.5, 0.6) is 0 Å². The maximum atomic E-state index is 12.9. The zero-order chi connectivity index (χ0) is 19.7. The van der Waals surface area contributed by atoms with Gasteiger partial charge in [-0.05, 0) is 25.7 Å². The van der Waals surface area contributed by atoms with E-state index in [9.17, 15) is 24.3 Å². The second kappa shape index (κ2) is 5.17. The second-order valence-electron chi connectivity index (χ2n) is 7.25. The number of nitrogens with zero attached hydrogens (tertiary/aromatic N) is 2. The molecular formula is C16H24N4O6. The Morgan fingerprint density at radius 1 is 1.00 bits per heavy atom. The lowest BCUT2D eigenvalue weighted by Gasteiger charge is -2.63. The van der Waals surface area contributed by atoms with Crippen LogP contribution in [0.3, 0.4) is 0 Å². The first-order chi connectivity index (χ1) is 12.0. The molecule has 2 saturated carbocycles. The van der Waals surface area contributed by atoms with Gasteiger partial charge in [0.15, 0.2) is 0 Å². The van der Waals surface area contributed by atoms with Gasteiger partial charge < -0.3 is 21.3 Å². The minimum absolute atomic E-state index is 0.00880. The van der Waals surface area contributed by atoms with Gasteiger partial charge in [-0.1, -0.05) is 6.92 Å². The predicted molar refractivity (Wildman–Crippen MR) is 86.7 cm³/mol. The summed E-state index contributed by atoms with van der Waals surface area (Å²) in [6, 6.07) is 0. The number of nitrogens with two attached hydrogens (primary N) is 2. The first-order valence-electron chi connectivity index (χ1n) is 8.55.